The van der Waals surface area contributed by atoms with Crippen molar-refractivity contribution in [3.8, 4) is 0 Å². The number of nitrogens with one attached hydrogen (secondary N) is 1. The molecule has 1 unspecified atom stereocenters. The molecule has 0 fully saturated rings. The Morgan fingerprint density at radius 2 is 1.90 bits per heavy atom. The van der Waals surface area contributed by atoms with Gasteiger partial charge in [-0.05, 0) is 60.8 Å². The highest BCUT2D eigenvalue weighted by atomic mass is 79.9. The van der Waals surface area contributed by atoms with Gasteiger partial charge in [0.05, 0.1) is 0 Å². The van der Waals surface area contributed by atoms with E-state index in [0.717, 1.165) is 23.9 Å². The van der Waals surface area contributed by atoms with Gasteiger partial charge < -0.3 is 5.32 Å². The zero-order chi connectivity index (χ0) is 14.5. The number of halogens is 1. The van der Waals surface area contributed by atoms with Crippen molar-refractivity contribution in [1.29, 1.82) is 0 Å². The van der Waals surface area contributed by atoms with Gasteiger partial charge in [0.25, 0.3) is 0 Å². The van der Waals surface area contributed by atoms with Crippen LogP contribution in [0.5, 0.6) is 0 Å². The smallest absolute Gasteiger partial charge is 0.0323 e. The second-order valence-corrected chi connectivity index (χ2v) is 6.27. The Bertz CT molecular complexity index is 603. The average molecular weight is 332 g/mol. The minimum Gasteiger partial charge on any atom is -0.310 e. The molecular formula is C18H22BrN. The molecular weight excluding hydrogens is 310 g/mol. The van der Waals surface area contributed by atoms with Crippen LogP contribution in [0.15, 0.2) is 53.0 Å². The van der Waals surface area contributed by atoms with Crippen molar-refractivity contribution in [2.24, 2.45) is 0 Å². The van der Waals surface area contributed by atoms with Gasteiger partial charge in [0.1, 0.15) is 0 Å². The molecule has 0 saturated heterocycles. The molecule has 0 heterocycles. The summed E-state index contributed by atoms with van der Waals surface area (Å²) >= 11 is 3.52. The third-order valence-electron chi connectivity index (χ3n) is 3.54. The minimum atomic E-state index is 0.407. The predicted molar refractivity (Wildman–Crippen MR) is 92.1 cm³/mol. The normalized spacial score (nSPS) is 12.6. The molecule has 2 heteroatoms. The van der Waals surface area contributed by atoms with Crippen molar-refractivity contribution in [2.75, 3.05) is 6.54 Å². The fourth-order valence-electron chi connectivity index (χ4n) is 2.48. The molecule has 0 spiro atoms. The zero-order valence-electron chi connectivity index (χ0n) is 12.2. The fourth-order valence-corrected chi connectivity index (χ4v) is 2.85. The first-order valence-electron chi connectivity index (χ1n) is 7.17. The summed E-state index contributed by atoms with van der Waals surface area (Å²) in [6.07, 6.45) is 2.17. The Labute approximate surface area is 130 Å². The Balaban J connectivity index is 2.27. The lowest BCUT2D eigenvalue weighted by Crippen LogP contribution is -2.20. The molecule has 20 heavy (non-hydrogen) atoms. The summed E-state index contributed by atoms with van der Waals surface area (Å²) in [4.78, 5) is 0. The van der Waals surface area contributed by atoms with Gasteiger partial charge in [-0.25, -0.2) is 0 Å². The maximum Gasteiger partial charge on any atom is 0.0323 e. The maximum absolute atomic E-state index is 4.01. The third-order valence-corrected chi connectivity index (χ3v) is 4.03. The van der Waals surface area contributed by atoms with Crippen LogP contribution < -0.4 is 5.32 Å². The monoisotopic (exact) mass is 331 g/mol. The molecule has 0 aromatic heterocycles. The fraction of sp³-hybridized carbons (Fsp3) is 0.333. The average Bonchev–Trinajstić information content (AvgIpc) is 2.42. The molecule has 0 radical (unpaired) electrons. The van der Waals surface area contributed by atoms with Gasteiger partial charge in [-0.2, -0.15) is 0 Å². The highest BCUT2D eigenvalue weighted by Crippen LogP contribution is 2.26. The zero-order valence-corrected chi connectivity index (χ0v) is 13.8. The van der Waals surface area contributed by atoms with Crippen LogP contribution >= 0.6 is 15.9 Å². The van der Waals surface area contributed by atoms with Gasteiger partial charge in [-0.15, -0.1) is 6.58 Å². The van der Waals surface area contributed by atoms with Crippen molar-refractivity contribution in [3.63, 3.8) is 0 Å². The van der Waals surface area contributed by atoms with Crippen LogP contribution in [0.3, 0.4) is 0 Å². The second-order valence-electron chi connectivity index (χ2n) is 5.36. The molecule has 2 aromatic carbocycles. The molecule has 0 aliphatic carbocycles. The van der Waals surface area contributed by atoms with Gasteiger partial charge in [0.2, 0.25) is 0 Å². The number of hydrogen-bond donors (Lipinski definition) is 1. The summed E-state index contributed by atoms with van der Waals surface area (Å²) in [5, 5.41) is 6.15. The largest absolute Gasteiger partial charge is 0.310 e. The maximum atomic E-state index is 4.01. The molecule has 0 aliphatic rings. The van der Waals surface area contributed by atoms with Crippen LogP contribution in [0.4, 0.5) is 0 Å². The standard InChI is InChI=1S/C18H22BrN/c1-4-20-18(10-5-13(2)3)16-7-6-15-12-17(19)9-8-14(15)11-16/h6-9,11-12,18,20H,2,4-5,10H2,1,3H3. The first kappa shape index (κ1) is 15.3. The van der Waals surface area contributed by atoms with Crippen molar-refractivity contribution < 1.29 is 0 Å². The molecule has 0 aliphatic heterocycles. The minimum absolute atomic E-state index is 0.407. The number of allylic oxidation sites excluding steroid dienone is 1. The first-order valence-corrected chi connectivity index (χ1v) is 7.96. The van der Waals surface area contributed by atoms with Gasteiger partial charge in [0, 0.05) is 10.5 Å². The van der Waals surface area contributed by atoms with Gasteiger partial charge in [-0.1, -0.05) is 46.6 Å². The lowest BCUT2D eigenvalue weighted by Gasteiger charge is -2.19. The number of fused-ring (bicyclic) bond motifs is 1. The quantitative estimate of drug-likeness (QED) is 0.678. The number of hydrogen-bond acceptors (Lipinski definition) is 1. The van der Waals surface area contributed by atoms with E-state index in [1.54, 1.807) is 0 Å². The van der Waals surface area contributed by atoms with E-state index in [-0.39, 0.29) is 0 Å². The Kier molecular flexibility index (Phi) is 5.38. The second kappa shape index (κ2) is 7.05. The predicted octanol–water partition coefficient (Wildman–Crippen LogP) is 5.61. The van der Waals surface area contributed by atoms with Gasteiger partial charge in [0.15, 0.2) is 0 Å². The number of rotatable bonds is 6. The number of benzene rings is 2. The van der Waals surface area contributed by atoms with E-state index < -0.39 is 0 Å². The molecule has 0 bridgehead atoms. The molecule has 106 valence electrons. The highest BCUT2D eigenvalue weighted by Gasteiger charge is 2.10. The van der Waals surface area contributed by atoms with Crippen molar-refractivity contribution in [3.05, 3.63) is 58.6 Å². The van der Waals surface area contributed by atoms with Crippen molar-refractivity contribution in [1.82, 2.24) is 5.32 Å². The Morgan fingerprint density at radius 3 is 2.60 bits per heavy atom. The molecule has 2 aromatic rings. The van der Waals surface area contributed by atoms with Gasteiger partial charge >= 0.3 is 0 Å². The van der Waals surface area contributed by atoms with E-state index in [4.69, 9.17) is 0 Å². The Morgan fingerprint density at radius 1 is 1.20 bits per heavy atom. The van der Waals surface area contributed by atoms with E-state index in [2.05, 4.69) is 78.1 Å². The summed E-state index contributed by atoms with van der Waals surface area (Å²) in [6, 6.07) is 13.6. The van der Waals surface area contributed by atoms with Crippen molar-refractivity contribution >= 4 is 26.7 Å². The summed E-state index contributed by atoms with van der Waals surface area (Å²) < 4.78 is 1.13. The van der Waals surface area contributed by atoms with E-state index in [1.165, 1.54) is 21.9 Å². The van der Waals surface area contributed by atoms with E-state index in [1.807, 2.05) is 0 Å². The molecule has 1 atom stereocenters. The van der Waals surface area contributed by atoms with E-state index in [9.17, 15) is 0 Å². The van der Waals surface area contributed by atoms with Crippen LogP contribution in [-0.4, -0.2) is 6.54 Å². The van der Waals surface area contributed by atoms with Crippen LogP contribution in [0, 0.1) is 0 Å². The van der Waals surface area contributed by atoms with E-state index >= 15 is 0 Å². The summed E-state index contributed by atoms with van der Waals surface area (Å²) in [5.74, 6) is 0. The van der Waals surface area contributed by atoms with Crippen LogP contribution in [0.2, 0.25) is 0 Å². The summed E-state index contributed by atoms with van der Waals surface area (Å²) in [5.41, 5.74) is 2.61. The van der Waals surface area contributed by atoms with Crippen LogP contribution in [-0.2, 0) is 0 Å². The van der Waals surface area contributed by atoms with Crippen LogP contribution in [0.1, 0.15) is 38.3 Å². The molecule has 0 saturated carbocycles. The van der Waals surface area contributed by atoms with Crippen molar-refractivity contribution in [2.45, 2.75) is 32.7 Å². The van der Waals surface area contributed by atoms with E-state index in [0.29, 0.717) is 6.04 Å². The van der Waals surface area contributed by atoms with Gasteiger partial charge in [-0.3, -0.25) is 0 Å². The lowest BCUT2D eigenvalue weighted by molar-refractivity contribution is 0.515. The first-order chi connectivity index (χ1) is 9.60. The summed E-state index contributed by atoms with van der Waals surface area (Å²) in [7, 11) is 0. The SMILES string of the molecule is C=C(C)CCC(NCC)c1ccc2cc(Br)ccc2c1. The topological polar surface area (TPSA) is 12.0 Å². The molecule has 2 rings (SSSR count). The third kappa shape index (κ3) is 3.94. The molecule has 1 N–H and O–H groups in total. The highest BCUT2D eigenvalue weighted by molar-refractivity contribution is 9.10. The van der Waals surface area contributed by atoms with Crippen LogP contribution in [0.25, 0.3) is 10.8 Å². The lowest BCUT2D eigenvalue weighted by atomic mass is 9.97. The molecule has 0 amide bonds. The summed E-state index contributed by atoms with van der Waals surface area (Å²) in [6.45, 7) is 9.25. The Hall–Kier alpha value is -1.12. The molecule has 1 nitrogen and oxygen atoms in total.